The fraction of sp³-hybridized carbons (Fsp3) is 0.833. The normalized spacial score (nSPS) is 28.8. The Labute approximate surface area is 55.0 Å². The monoisotopic (exact) mass is 128 g/mol. The molecule has 52 valence electrons. The van der Waals surface area contributed by atoms with Crippen molar-refractivity contribution in [2.75, 3.05) is 20.1 Å². The standard InChI is InChI=1S/C6H12N2O/c1-7-8-3-2-6(4-8)5-9/h5-7H,2-4H2,1H3. The lowest BCUT2D eigenvalue weighted by molar-refractivity contribution is -0.110. The minimum atomic E-state index is 0.262. The molecule has 9 heavy (non-hydrogen) atoms. The second-order valence-corrected chi connectivity index (χ2v) is 2.35. The molecule has 0 aromatic heterocycles. The first-order valence-electron chi connectivity index (χ1n) is 3.24. The number of carbonyl (C=O) groups excluding carboxylic acids is 1. The molecular weight excluding hydrogens is 116 g/mol. The molecule has 1 fully saturated rings. The number of aldehydes is 1. The zero-order valence-corrected chi connectivity index (χ0v) is 5.63. The van der Waals surface area contributed by atoms with Crippen LogP contribution < -0.4 is 5.43 Å². The molecule has 1 heterocycles. The van der Waals surface area contributed by atoms with Crippen LogP contribution in [-0.2, 0) is 4.79 Å². The van der Waals surface area contributed by atoms with Crippen LogP contribution in [0.5, 0.6) is 0 Å². The first-order chi connectivity index (χ1) is 4.36. The Morgan fingerprint density at radius 2 is 2.56 bits per heavy atom. The maximum absolute atomic E-state index is 10.2. The lowest BCUT2D eigenvalue weighted by Gasteiger charge is -2.11. The van der Waals surface area contributed by atoms with Gasteiger partial charge in [-0.05, 0) is 13.5 Å². The fourth-order valence-electron chi connectivity index (χ4n) is 1.10. The largest absolute Gasteiger partial charge is 0.303 e. The Bertz CT molecular complexity index is 105. The van der Waals surface area contributed by atoms with Crippen molar-refractivity contribution in [3.63, 3.8) is 0 Å². The maximum atomic E-state index is 10.2. The van der Waals surface area contributed by atoms with Crippen molar-refractivity contribution in [2.45, 2.75) is 6.42 Å². The highest BCUT2D eigenvalue weighted by Crippen LogP contribution is 2.10. The summed E-state index contributed by atoms with van der Waals surface area (Å²) in [4.78, 5) is 10.2. The summed E-state index contributed by atoms with van der Waals surface area (Å²) in [5, 5.41) is 2.05. The highest BCUT2D eigenvalue weighted by atomic mass is 16.1. The van der Waals surface area contributed by atoms with Gasteiger partial charge in [-0.1, -0.05) is 0 Å². The number of carbonyl (C=O) groups is 1. The van der Waals surface area contributed by atoms with Gasteiger partial charge in [0, 0.05) is 19.0 Å². The molecule has 1 N–H and O–H groups in total. The third-order valence-corrected chi connectivity index (χ3v) is 1.73. The van der Waals surface area contributed by atoms with E-state index in [4.69, 9.17) is 0 Å². The van der Waals surface area contributed by atoms with E-state index in [0.29, 0.717) is 0 Å². The Balaban J connectivity index is 2.28. The molecule has 0 bridgehead atoms. The van der Waals surface area contributed by atoms with Crippen molar-refractivity contribution in [3.05, 3.63) is 0 Å². The Hall–Kier alpha value is -0.410. The van der Waals surface area contributed by atoms with Gasteiger partial charge in [0.2, 0.25) is 0 Å². The van der Waals surface area contributed by atoms with Gasteiger partial charge in [0.1, 0.15) is 6.29 Å². The summed E-state index contributed by atoms with van der Waals surface area (Å²) >= 11 is 0. The van der Waals surface area contributed by atoms with Gasteiger partial charge in [-0.25, -0.2) is 5.01 Å². The second kappa shape index (κ2) is 2.94. The molecule has 0 aromatic carbocycles. The van der Waals surface area contributed by atoms with Crippen molar-refractivity contribution in [1.82, 2.24) is 10.4 Å². The molecule has 1 rings (SSSR count). The summed E-state index contributed by atoms with van der Waals surface area (Å²) in [7, 11) is 1.88. The summed E-state index contributed by atoms with van der Waals surface area (Å²) in [5.74, 6) is 0.262. The highest BCUT2D eigenvalue weighted by Gasteiger charge is 2.19. The van der Waals surface area contributed by atoms with E-state index in [0.717, 1.165) is 25.8 Å². The average molecular weight is 128 g/mol. The Morgan fingerprint density at radius 1 is 1.78 bits per heavy atom. The van der Waals surface area contributed by atoms with Crippen molar-refractivity contribution in [1.29, 1.82) is 0 Å². The lowest BCUT2D eigenvalue weighted by atomic mass is 10.1. The molecule has 0 amide bonds. The van der Waals surface area contributed by atoms with Crippen molar-refractivity contribution in [3.8, 4) is 0 Å². The minimum Gasteiger partial charge on any atom is -0.303 e. The van der Waals surface area contributed by atoms with E-state index in [1.807, 2.05) is 7.05 Å². The number of nitrogens with one attached hydrogen (secondary N) is 1. The van der Waals surface area contributed by atoms with Crippen LogP contribution in [0.1, 0.15) is 6.42 Å². The summed E-state index contributed by atoms with van der Waals surface area (Å²) in [6, 6.07) is 0. The maximum Gasteiger partial charge on any atom is 0.124 e. The van der Waals surface area contributed by atoms with Gasteiger partial charge < -0.3 is 4.79 Å². The fourth-order valence-corrected chi connectivity index (χ4v) is 1.10. The quantitative estimate of drug-likeness (QED) is 0.515. The third-order valence-electron chi connectivity index (χ3n) is 1.73. The second-order valence-electron chi connectivity index (χ2n) is 2.35. The third kappa shape index (κ3) is 1.50. The van der Waals surface area contributed by atoms with Gasteiger partial charge in [-0.15, -0.1) is 0 Å². The van der Waals surface area contributed by atoms with Crippen molar-refractivity contribution in [2.24, 2.45) is 5.92 Å². The smallest absolute Gasteiger partial charge is 0.124 e. The molecule has 1 unspecified atom stereocenters. The zero-order valence-electron chi connectivity index (χ0n) is 5.63. The van der Waals surface area contributed by atoms with Crippen LogP contribution in [0, 0.1) is 5.92 Å². The molecule has 1 atom stereocenters. The van der Waals surface area contributed by atoms with E-state index in [1.54, 1.807) is 0 Å². The van der Waals surface area contributed by atoms with Crippen LogP contribution in [0.2, 0.25) is 0 Å². The number of hydrogen-bond donors (Lipinski definition) is 1. The minimum absolute atomic E-state index is 0.262. The van der Waals surface area contributed by atoms with Gasteiger partial charge in [-0.2, -0.15) is 0 Å². The van der Waals surface area contributed by atoms with E-state index in [2.05, 4.69) is 10.4 Å². The first kappa shape index (κ1) is 6.71. The Kier molecular flexibility index (Phi) is 2.19. The van der Waals surface area contributed by atoms with E-state index >= 15 is 0 Å². The van der Waals surface area contributed by atoms with E-state index in [-0.39, 0.29) is 5.92 Å². The molecule has 3 heteroatoms. The molecular formula is C6H12N2O. The lowest BCUT2D eigenvalue weighted by Crippen LogP contribution is -2.32. The van der Waals surface area contributed by atoms with Crippen LogP contribution in [0.3, 0.4) is 0 Å². The van der Waals surface area contributed by atoms with E-state index < -0.39 is 0 Å². The van der Waals surface area contributed by atoms with Crippen LogP contribution in [-0.4, -0.2) is 31.4 Å². The topological polar surface area (TPSA) is 32.3 Å². The van der Waals surface area contributed by atoms with E-state index in [9.17, 15) is 4.79 Å². The summed E-state index contributed by atoms with van der Waals surface area (Å²) in [5.41, 5.74) is 3.00. The number of nitrogens with zero attached hydrogens (tertiary/aromatic N) is 1. The van der Waals surface area contributed by atoms with E-state index in [1.165, 1.54) is 0 Å². The number of rotatable bonds is 2. The van der Waals surface area contributed by atoms with Gasteiger partial charge in [-0.3, -0.25) is 5.43 Å². The first-order valence-corrected chi connectivity index (χ1v) is 3.24. The number of hydrogen-bond acceptors (Lipinski definition) is 3. The zero-order chi connectivity index (χ0) is 6.69. The molecule has 3 nitrogen and oxygen atoms in total. The van der Waals surface area contributed by atoms with Crippen LogP contribution >= 0.6 is 0 Å². The summed E-state index contributed by atoms with van der Waals surface area (Å²) in [6.45, 7) is 1.87. The van der Waals surface area contributed by atoms with Crippen molar-refractivity contribution < 1.29 is 4.79 Å². The molecule has 1 saturated heterocycles. The molecule has 1 aliphatic rings. The van der Waals surface area contributed by atoms with Gasteiger partial charge in [0.25, 0.3) is 0 Å². The van der Waals surface area contributed by atoms with Crippen LogP contribution in [0.4, 0.5) is 0 Å². The predicted molar refractivity (Wildman–Crippen MR) is 34.8 cm³/mol. The SMILES string of the molecule is CNN1CCC(C=O)C1. The number of hydrazine groups is 1. The molecule has 1 aliphatic heterocycles. The summed E-state index contributed by atoms with van der Waals surface area (Å²) < 4.78 is 0. The molecule has 0 saturated carbocycles. The molecule has 0 aliphatic carbocycles. The molecule has 0 aromatic rings. The molecule has 0 radical (unpaired) electrons. The van der Waals surface area contributed by atoms with Gasteiger partial charge in [0.15, 0.2) is 0 Å². The average Bonchev–Trinajstić information content (AvgIpc) is 2.34. The molecule has 0 spiro atoms. The van der Waals surface area contributed by atoms with Gasteiger partial charge in [0.05, 0.1) is 0 Å². The van der Waals surface area contributed by atoms with Crippen LogP contribution in [0.15, 0.2) is 0 Å². The summed E-state index contributed by atoms with van der Waals surface area (Å²) in [6.07, 6.45) is 2.04. The Morgan fingerprint density at radius 3 is 2.89 bits per heavy atom. The highest BCUT2D eigenvalue weighted by molar-refractivity contribution is 5.54. The van der Waals surface area contributed by atoms with Crippen molar-refractivity contribution >= 4 is 6.29 Å². The van der Waals surface area contributed by atoms with Gasteiger partial charge >= 0.3 is 0 Å². The predicted octanol–water partition coefficient (Wildman–Crippen LogP) is -0.358. The van der Waals surface area contributed by atoms with Crippen LogP contribution in [0.25, 0.3) is 0 Å².